The molecule has 142 valence electrons. The normalized spacial score (nSPS) is 11.0. The van der Waals surface area contributed by atoms with Crippen LogP contribution >= 0.6 is 23.4 Å². The number of para-hydroxylation sites is 1. The van der Waals surface area contributed by atoms with Crippen molar-refractivity contribution in [2.45, 2.75) is 10.9 Å². The van der Waals surface area contributed by atoms with Gasteiger partial charge in [-0.3, -0.25) is 0 Å². The van der Waals surface area contributed by atoms with Gasteiger partial charge in [0.15, 0.2) is 11.0 Å². The summed E-state index contributed by atoms with van der Waals surface area (Å²) < 4.78 is 12.6. The zero-order valence-corrected chi connectivity index (χ0v) is 16.7. The van der Waals surface area contributed by atoms with Crippen LogP contribution in [0.15, 0.2) is 58.2 Å². The van der Waals surface area contributed by atoms with Crippen molar-refractivity contribution in [1.82, 2.24) is 24.9 Å². The lowest BCUT2D eigenvalue weighted by Gasteiger charge is -2.04. The predicted molar refractivity (Wildman–Crippen MR) is 107 cm³/mol. The van der Waals surface area contributed by atoms with Crippen molar-refractivity contribution in [3.63, 3.8) is 0 Å². The molecule has 0 aliphatic rings. The van der Waals surface area contributed by atoms with Crippen molar-refractivity contribution in [1.29, 1.82) is 0 Å². The molecule has 0 amide bonds. The maximum absolute atomic E-state index is 6.27. The number of nitrogens with zero attached hydrogens (tertiary/aromatic N) is 5. The number of thioether (sulfide) groups is 1. The van der Waals surface area contributed by atoms with E-state index < -0.39 is 0 Å². The molecule has 0 aliphatic carbocycles. The van der Waals surface area contributed by atoms with Crippen LogP contribution in [0.1, 0.15) is 5.89 Å². The number of rotatable bonds is 6. The predicted octanol–water partition coefficient (Wildman–Crippen LogP) is 4.49. The molecule has 0 radical (unpaired) electrons. The number of halogens is 1. The molecule has 2 aromatic carbocycles. The Labute approximate surface area is 170 Å². The average molecular weight is 414 g/mol. The van der Waals surface area contributed by atoms with Gasteiger partial charge < -0.3 is 13.8 Å². The van der Waals surface area contributed by atoms with E-state index in [1.54, 1.807) is 7.11 Å². The molecular formula is C19H16ClN5O2S. The van der Waals surface area contributed by atoms with Crippen LogP contribution in [0.4, 0.5) is 0 Å². The number of ether oxygens (including phenoxy) is 1. The van der Waals surface area contributed by atoms with Crippen LogP contribution in [-0.2, 0) is 12.8 Å². The van der Waals surface area contributed by atoms with Gasteiger partial charge in [0.05, 0.1) is 23.4 Å². The topological polar surface area (TPSA) is 78.9 Å². The van der Waals surface area contributed by atoms with Gasteiger partial charge in [-0.15, -0.1) is 10.2 Å². The van der Waals surface area contributed by atoms with Crippen molar-refractivity contribution >= 4 is 23.4 Å². The van der Waals surface area contributed by atoms with Crippen LogP contribution in [0.5, 0.6) is 5.75 Å². The summed E-state index contributed by atoms with van der Waals surface area (Å²) in [6.07, 6.45) is 0. The number of hydrogen-bond donors (Lipinski definition) is 0. The van der Waals surface area contributed by atoms with E-state index in [4.69, 9.17) is 20.9 Å². The molecule has 2 aromatic heterocycles. The van der Waals surface area contributed by atoms with Gasteiger partial charge in [0.1, 0.15) is 5.75 Å². The van der Waals surface area contributed by atoms with Crippen LogP contribution < -0.4 is 4.74 Å². The quantitative estimate of drug-likeness (QED) is 0.431. The van der Waals surface area contributed by atoms with E-state index in [0.29, 0.717) is 34.1 Å². The zero-order chi connectivity index (χ0) is 19.5. The molecule has 0 unspecified atom stereocenters. The molecule has 2 heterocycles. The Morgan fingerprint density at radius 3 is 2.61 bits per heavy atom. The summed E-state index contributed by atoms with van der Waals surface area (Å²) in [7, 11) is 3.51. The maximum atomic E-state index is 6.27. The minimum Gasteiger partial charge on any atom is -0.496 e. The molecule has 7 nitrogen and oxygen atoms in total. The molecule has 4 rings (SSSR count). The summed E-state index contributed by atoms with van der Waals surface area (Å²) in [5, 5.41) is 13.9. The van der Waals surface area contributed by atoms with E-state index in [1.807, 2.05) is 60.1 Å². The van der Waals surface area contributed by atoms with Gasteiger partial charge in [-0.1, -0.05) is 52.8 Å². The van der Waals surface area contributed by atoms with Crippen LogP contribution in [0.2, 0.25) is 5.02 Å². The summed E-state index contributed by atoms with van der Waals surface area (Å²) in [5.74, 6) is 2.85. The lowest BCUT2D eigenvalue weighted by Crippen LogP contribution is -1.95. The number of hydrogen-bond acceptors (Lipinski definition) is 7. The second-order valence-electron chi connectivity index (χ2n) is 5.85. The monoisotopic (exact) mass is 413 g/mol. The first-order valence-electron chi connectivity index (χ1n) is 8.40. The summed E-state index contributed by atoms with van der Waals surface area (Å²) >= 11 is 7.73. The van der Waals surface area contributed by atoms with E-state index in [-0.39, 0.29) is 0 Å². The highest BCUT2D eigenvalue weighted by Crippen LogP contribution is 2.30. The second-order valence-corrected chi connectivity index (χ2v) is 7.20. The van der Waals surface area contributed by atoms with Gasteiger partial charge >= 0.3 is 0 Å². The van der Waals surface area contributed by atoms with Crippen molar-refractivity contribution < 1.29 is 9.26 Å². The third-order valence-corrected chi connectivity index (χ3v) is 5.42. The SMILES string of the molecule is COc1ccccc1-c1noc(CSc2nnc(-c3ccccc3Cl)n2C)n1. The largest absolute Gasteiger partial charge is 0.496 e. The van der Waals surface area contributed by atoms with Gasteiger partial charge in [-0.05, 0) is 24.3 Å². The van der Waals surface area contributed by atoms with Crippen LogP contribution in [0.25, 0.3) is 22.8 Å². The number of benzene rings is 2. The van der Waals surface area contributed by atoms with Crippen molar-refractivity contribution in [2.24, 2.45) is 7.05 Å². The summed E-state index contributed by atoms with van der Waals surface area (Å²) in [6, 6.07) is 15.1. The molecule has 0 N–H and O–H groups in total. The maximum Gasteiger partial charge on any atom is 0.237 e. The number of aromatic nitrogens is 5. The molecule has 28 heavy (non-hydrogen) atoms. The third-order valence-electron chi connectivity index (χ3n) is 4.09. The average Bonchev–Trinajstić information content (AvgIpc) is 3.33. The van der Waals surface area contributed by atoms with E-state index >= 15 is 0 Å². The molecule has 9 heteroatoms. The fourth-order valence-electron chi connectivity index (χ4n) is 2.70. The lowest BCUT2D eigenvalue weighted by atomic mass is 10.2. The Balaban J connectivity index is 1.51. The van der Waals surface area contributed by atoms with Gasteiger partial charge in [0.25, 0.3) is 0 Å². The van der Waals surface area contributed by atoms with Crippen molar-refractivity contribution in [3.8, 4) is 28.5 Å². The van der Waals surface area contributed by atoms with E-state index in [1.165, 1.54) is 11.8 Å². The molecule has 0 spiro atoms. The molecule has 0 saturated carbocycles. The summed E-state index contributed by atoms with van der Waals surface area (Å²) in [6.45, 7) is 0. The molecule has 0 fully saturated rings. The Morgan fingerprint density at radius 2 is 1.82 bits per heavy atom. The van der Waals surface area contributed by atoms with Gasteiger partial charge in [0.2, 0.25) is 11.7 Å². The number of methoxy groups -OCH3 is 1. The van der Waals surface area contributed by atoms with Gasteiger partial charge in [-0.2, -0.15) is 4.98 Å². The highest BCUT2D eigenvalue weighted by Gasteiger charge is 2.16. The van der Waals surface area contributed by atoms with Crippen LogP contribution in [0.3, 0.4) is 0 Å². The lowest BCUT2D eigenvalue weighted by molar-refractivity contribution is 0.390. The molecule has 4 aromatic rings. The van der Waals surface area contributed by atoms with E-state index in [0.717, 1.165) is 16.3 Å². The van der Waals surface area contributed by atoms with Gasteiger partial charge in [-0.25, -0.2) is 0 Å². The Bertz CT molecular complexity index is 1110. The van der Waals surface area contributed by atoms with Crippen molar-refractivity contribution in [2.75, 3.05) is 7.11 Å². The third kappa shape index (κ3) is 3.61. The van der Waals surface area contributed by atoms with Crippen LogP contribution in [-0.4, -0.2) is 32.0 Å². The fourth-order valence-corrected chi connectivity index (χ4v) is 3.66. The molecular weight excluding hydrogens is 398 g/mol. The summed E-state index contributed by atoms with van der Waals surface area (Å²) in [5.41, 5.74) is 1.62. The highest BCUT2D eigenvalue weighted by atomic mass is 35.5. The first-order valence-corrected chi connectivity index (χ1v) is 9.77. The van der Waals surface area contributed by atoms with Crippen LogP contribution in [0, 0.1) is 0 Å². The van der Waals surface area contributed by atoms with Crippen molar-refractivity contribution in [3.05, 3.63) is 59.4 Å². The minimum absolute atomic E-state index is 0.469. The Morgan fingerprint density at radius 1 is 1.07 bits per heavy atom. The van der Waals surface area contributed by atoms with E-state index in [2.05, 4.69) is 20.3 Å². The molecule has 0 saturated heterocycles. The zero-order valence-electron chi connectivity index (χ0n) is 15.2. The molecule has 0 atom stereocenters. The first kappa shape index (κ1) is 18.5. The Hall–Kier alpha value is -2.84. The fraction of sp³-hybridized carbons (Fsp3) is 0.158. The van der Waals surface area contributed by atoms with E-state index in [9.17, 15) is 0 Å². The first-order chi connectivity index (χ1) is 13.7. The Kier molecular flexibility index (Phi) is 5.31. The van der Waals surface area contributed by atoms with Gasteiger partial charge in [0, 0.05) is 12.6 Å². The second kappa shape index (κ2) is 8.04. The molecule has 0 aliphatic heterocycles. The smallest absolute Gasteiger partial charge is 0.237 e. The minimum atomic E-state index is 0.469. The molecule has 0 bridgehead atoms. The standard InChI is InChI=1S/C19H16ClN5O2S/c1-25-18(12-7-3-5-9-14(12)20)22-23-19(25)28-11-16-21-17(24-27-16)13-8-4-6-10-15(13)26-2/h3-10H,11H2,1-2H3. The summed E-state index contributed by atoms with van der Waals surface area (Å²) in [4.78, 5) is 4.46. The highest BCUT2D eigenvalue weighted by molar-refractivity contribution is 7.98.